The van der Waals surface area contributed by atoms with Gasteiger partial charge in [-0.25, -0.2) is 0 Å². The largest absolute Gasteiger partial charge is 0.507 e. The minimum absolute atomic E-state index is 0.0459. The third-order valence-electron chi connectivity index (χ3n) is 3.07. The Kier molecular flexibility index (Phi) is 4.38. The SMILES string of the molecule is CCc1cc(CCC(=O)O)c(O)c(C(C)(C)C)c1. The van der Waals surface area contributed by atoms with E-state index >= 15 is 0 Å². The van der Waals surface area contributed by atoms with Crippen LogP contribution in [-0.4, -0.2) is 16.2 Å². The fraction of sp³-hybridized carbons (Fsp3) is 0.533. The van der Waals surface area contributed by atoms with Gasteiger partial charge in [0.1, 0.15) is 5.75 Å². The van der Waals surface area contributed by atoms with Crippen molar-refractivity contribution < 1.29 is 15.0 Å². The van der Waals surface area contributed by atoms with Gasteiger partial charge in [-0.3, -0.25) is 4.79 Å². The van der Waals surface area contributed by atoms with Crippen molar-refractivity contribution >= 4 is 5.97 Å². The van der Waals surface area contributed by atoms with Gasteiger partial charge in [0.25, 0.3) is 0 Å². The summed E-state index contributed by atoms with van der Waals surface area (Å²) in [5.74, 6) is -0.588. The fourth-order valence-electron chi connectivity index (χ4n) is 1.97. The van der Waals surface area contributed by atoms with Gasteiger partial charge in [0.05, 0.1) is 0 Å². The van der Waals surface area contributed by atoms with Crippen LogP contribution in [0, 0.1) is 0 Å². The van der Waals surface area contributed by atoms with Crippen molar-refractivity contribution in [3.05, 3.63) is 28.8 Å². The number of aromatic hydroxyl groups is 1. The van der Waals surface area contributed by atoms with Gasteiger partial charge in [0, 0.05) is 6.42 Å². The molecule has 0 bridgehead atoms. The van der Waals surface area contributed by atoms with Crippen LogP contribution in [0.3, 0.4) is 0 Å². The Morgan fingerprint density at radius 1 is 1.28 bits per heavy atom. The number of carboxylic acids is 1. The summed E-state index contributed by atoms with van der Waals surface area (Å²) in [5.41, 5.74) is 2.62. The lowest BCUT2D eigenvalue weighted by molar-refractivity contribution is -0.136. The summed E-state index contributed by atoms with van der Waals surface area (Å²) >= 11 is 0. The van der Waals surface area contributed by atoms with Gasteiger partial charge in [-0.15, -0.1) is 0 Å². The van der Waals surface area contributed by atoms with Crippen LogP contribution in [0.2, 0.25) is 0 Å². The Bertz CT molecular complexity index is 442. The standard InChI is InChI=1S/C15H22O3/c1-5-10-8-11(6-7-13(16)17)14(18)12(9-10)15(2,3)4/h8-9,18H,5-7H2,1-4H3,(H,16,17). The number of hydrogen-bond donors (Lipinski definition) is 2. The van der Waals surface area contributed by atoms with E-state index in [1.807, 2.05) is 32.9 Å². The highest BCUT2D eigenvalue weighted by molar-refractivity contribution is 5.67. The first-order valence-corrected chi connectivity index (χ1v) is 6.32. The van der Waals surface area contributed by atoms with Gasteiger partial charge in [0.2, 0.25) is 0 Å². The van der Waals surface area contributed by atoms with Crippen molar-refractivity contribution in [3.8, 4) is 5.75 Å². The zero-order chi connectivity index (χ0) is 13.9. The van der Waals surface area contributed by atoms with Crippen LogP contribution in [0.4, 0.5) is 0 Å². The second-order valence-corrected chi connectivity index (χ2v) is 5.65. The predicted molar refractivity (Wildman–Crippen MR) is 72.1 cm³/mol. The van der Waals surface area contributed by atoms with Crippen LogP contribution in [0.25, 0.3) is 0 Å². The summed E-state index contributed by atoms with van der Waals surface area (Å²) < 4.78 is 0. The third kappa shape index (κ3) is 3.49. The lowest BCUT2D eigenvalue weighted by Gasteiger charge is -2.23. The molecule has 3 heteroatoms. The number of hydrogen-bond acceptors (Lipinski definition) is 2. The highest BCUT2D eigenvalue weighted by Gasteiger charge is 2.21. The van der Waals surface area contributed by atoms with Gasteiger partial charge in [-0.05, 0) is 34.9 Å². The van der Waals surface area contributed by atoms with Crippen LogP contribution in [-0.2, 0) is 23.1 Å². The molecule has 0 amide bonds. The summed E-state index contributed by atoms with van der Waals surface area (Å²) in [6.45, 7) is 8.19. The van der Waals surface area contributed by atoms with Crippen LogP contribution in [0.15, 0.2) is 12.1 Å². The number of rotatable bonds is 4. The fourth-order valence-corrected chi connectivity index (χ4v) is 1.97. The molecule has 0 fully saturated rings. The summed E-state index contributed by atoms with van der Waals surface area (Å²) in [6, 6.07) is 3.92. The van der Waals surface area contributed by atoms with E-state index in [1.54, 1.807) is 0 Å². The second-order valence-electron chi connectivity index (χ2n) is 5.65. The molecule has 0 heterocycles. The minimum Gasteiger partial charge on any atom is -0.507 e. The molecule has 0 aliphatic carbocycles. The molecule has 100 valence electrons. The first-order valence-electron chi connectivity index (χ1n) is 6.32. The molecule has 18 heavy (non-hydrogen) atoms. The Labute approximate surface area is 108 Å². The highest BCUT2D eigenvalue weighted by atomic mass is 16.4. The molecule has 0 saturated heterocycles. The lowest BCUT2D eigenvalue weighted by Crippen LogP contribution is -2.13. The molecule has 1 aromatic rings. The van der Waals surface area contributed by atoms with E-state index in [-0.39, 0.29) is 17.6 Å². The Balaban J connectivity index is 3.21. The van der Waals surface area contributed by atoms with Crippen LogP contribution >= 0.6 is 0 Å². The van der Waals surface area contributed by atoms with Crippen LogP contribution in [0.1, 0.15) is 50.8 Å². The number of carbonyl (C=O) groups is 1. The van der Waals surface area contributed by atoms with Crippen molar-refractivity contribution in [3.63, 3.8) is 0 Å². The zero-order valence-corrected chi connectivity index (χ0v) is 11.6. The Hall–Kier alpha value is -1.51. The van der Waals surface area contributed by atoms with Gasteiger partial charge in [-0.1, -0.05) is 39.8 Å². The monoisotopic (exact) mass is 250 g/mol. The minimum atomic E-state index is -0.839. The van der Waals surface area contributed by atoms with Crippen molar-refractivity contribution in [2.75, 3.05) is 0 Å². The third-order valence-corrected chi connectivity index (χ3v) is 3.07. The van der Waals surface area contributed by atoms with Gasteiger partial charge >= 0.3 is 5.97 Å². The van der Waals surface area contributed by atoms with E-state index in [1.165, 1.54) is 0 Å². The number of phenolic OH excluding ortho intramolecular Hbond substituents is 1. The summed E-state index contributed by atoms with van der Waals surface area (Å²) in [6.07, 6.45) is 1.30. The van der Waals surface area contributed by atoms with Crippen LogP contribution in [0.5, 0.6) is 5.75 Å². The number of carboxylic acid groups (broad SMARTS) is 1. The van der Waals surface area contributed by atoms with Crippen LogP contribution < -0.4 is 0 Å². The number of benzene rings is 1. The molecular formula is C15H22O3. The van der Waals surface area contributed by atoms with E-state index in [4.69, 9.17) is 5.11 Å². The average Bonchev–Trinajstić information content (AvgIpc) is 2.26. The van der Waals surface area contributed by atoms with E-state index < -0.39 is 5.97 Å². The molecule has 3 nitrogen and oxygen atoms in total. The van der Waals surface area contributed by atoms with E-state index in [9.17, 15) is 9.90 Å². The van der Waals surface area contributed by atoms with Crippen molar-refractivity contribution in [2.24, 2.45) is 0 Å². The smallest absolute Gasteiger partial charge is 0.303 e. The Morgan fingerprint density at radius 3 is 2.33 bits per heavy atom. The maximum absolute atomic E-state index is 10.6. The molecule has 0 unspecified atom stereocenters. The topological polar surface area (TPSA) is 57.5 Å². The predicted octanol–water partition coefficient (Wildman–Crippen LogP) is 3.27. The van der Waals surface area contributed by atoms with Crippen molar-refractivity contribution in [2.45, 2.75) is 52.4 Å². The number of aryl methyl sites for hydroxylation is 2. The van der Waals surface area contributed by atoms with Crippen molar-refractivity contribution in [1.82, 2.24) is 0 Å². The highest BCUT2D eigenvalue weighted by Crippen LogP contribution is 2.35. The molecule has 0 atom stereocenters. The van der Waals surface area contributed by atoms with Gasteiger partial charge < -0.3 is 10.2 Å². The van der Waals surface area contributed by atoms with E-state index in [0.717, 1.165) is 23.1 Å². The zero-order valence-electron chi connectivity index (χ0n) is 11.6. The number of aliphatic carboxylic acids is 1. The number of phenols is 1. The summed E-state index contributed by atoms with van der Waals surface area (Å²) in [7, 11) is 0. The molecule has 1 aromatic carbocycles. The van der Waals surface area contributed by atoms with E-state index in [0.29, 0.717) is 6.42 Å². The molecule has 0 radical (unpaired) electrons. The molecule has 0 aliphatic heterocycles. The molecule has 1 rings (SSSR count). The Morgan fingerprint density at radius 2 is 1.89 bits per heavy atom. The maximum atomic E-state index is 10.6. The maximum Gasteiger partial charge on any atom is 0.303 e. The molecule has 0 aromatic heterocycles. The lowest BCUT2D eigenvalue weighted by atomic mass is 9.83. The molecule has 2 N–H and O–H groups in total. The first-order chi connectivity index (χ1) is 8.25. The molecule has 0 aliphatic rings. The molecule has 0 spiro atoms. The molecule has 0 saturated carbocycles. The first kappa shape index (κ1) is 14.6. The van der Waals surface area contributed by atoms with Gasteiger partial charge in [0.15, 0.2) is 0 Å². The summed E-state index contributed by atoms with van der Waals surface area (Å²) in [5, 5.41) is 19.0. The van der Waals surface area contributed by atoms with Crippen molar-refractivity contribution in [1.29, 1.82) is 0 Å². The normalized spacial score (nSPS) is 11.6. The second kappa shape index (κ2) is 5.42. The molecular weight excluding hydrogens is 228 g/mol. The van der Waals surface area contributed by atoms with Gasteiger partial charge in [-0.2, -0.15) is 0 Å². The quantitative estimate of drug-likeness (QED) is 0.862. The summed E-state index contributed by atoms with van der Waals surface area (Å²) in [4.78, 5) is 10.6. The average molecular weight is 250 g/mol. The van der Waals surface area contributed by atoms with E-state index in [2.05, 4.69) is 6.92 Å².